The first kappa shape index (κ1) is 25.5. The van der Waals surface area contributed by atoms with E-state index in [0.29, 0.717) is 4.31 Å². The molecule has 0 radical (unpaired) electrons. The molecule has 0 N–H and O–H groups in total. The molecule has 2 aromatic rings. The number of hydrogen-bond donors (Lipinski definition) is 0. The van der Waals surface area contributed by atoms with Crippen molar-refractivity contribution >= 4 is 16.0 Å². The van der Waals surface area contributed by atoms with Gasteiger partial charge < -0.3 is 9.47 Å². The third-order valence-electron chi connectivity index (χ3n) is 3.92. The topological polar surface area (TPSA) is 72.9 Å². The minimum Gasteiger partial charge on any atom is -0.482 e. The van der Waals surface area contributed by atoms with E-state index in [1.807, 2.05) is 0 Å². The molecule has 32 heavy (non-hydrogen) atoms. The summed E-state index contributed by atoms with van der Waals surface area (Å²) in [5, 5.41) is 0. The van der Waals surface area contributed by atoms with Gasteiger partial charge in [-0.05, 0) is 38.5 Å². The first-order chi connectivity index (χ1) is 14.6. The Morgan fingerprint density at radius 1 is 0.969 bits per heavy atom. The summed E-state index contributed by atoms with van der Waals surface area (Å²) in [7, 11) is -4.19. The number of nitrogens with zero attached hydrogens (tertiary/aromatic N) is 1. The summed E-state index contributed by atoms with van der Waals surface area (Å²) in [6, 6.07) is 5.70. The van der Waals surface area contributed by atoms with E-state index in [-0.39, 0.29) is 11.3 Å². The van der Waals surface area contributed by atoms with Crippen LogP contribution in [0.4, 0.5) is 22.0 Å². The number of benzene rings is 2. The number of sulfonamides is 1. The zero-order valence-corrected chi connectivity index (χ0v) is 18.3. The molecule has 12 heteroatoms. The second kappa shape index (κ2) is 9.41. The highest BCUT2D eigenvalue weighted by Crippen LogP contribution is 2.29. The van der Waals surface area contributed by atoms with E-state index in [0.717, 1.165) is 7.05 Å². The number of halogens is 5. The molecule has 0 spiro atoms. The van der Waals surface area contributed by atoms with Gasteiger partial charge in [-0.1, -0.05) is 12.1 Å². The number of carbonyl (C=O) groups excluding carboxylic acids is 1. The summed E-state index contributed by atoms with van der Waals surface area (Å²) in [6.07, 6.45) is 0. The average molecular weight is 481 g/mol. The summed E-state index contributed by atoms with van der Waals surface area (Å²) in [5.41, 5.74) is -0.468. The van der Waals surface area contributed by atoms with Crippen molar-refractivity contribution in [2.24, 2.45) is 0 Å². The van der Waals surface area contributed by atoms with Gasteiger partial charge in [-0.25, -0.2) is 35.2 Å². The van der Waals surface area contributed by atoms with Crippen LogP contribution < -0.4 is 4.74 Å². The Kier molecular flexibility index (Phi) is 7.51. The van der Waals surface area contributed by atoms with E-state index in [1.165, 1.54) is 24.3 Å². The van der Waals surface area contributed by atoms with Crippen molar-refractivity contribution in [3.63, 3.8) is 0 Å². The zero-order chi connectivity index (χ0) is 24.4. The summed E-state index contributed by atoms with van der Waals surface area (Å²) in [5.74, 6) is -12.6. The molecule has 0 heterocycles. The van der Waals surface area contributed by atoms with Gasteiger partial charge in [-0.15, -0.1) is 0 Å². The van der Waals surface area contributed by atoms with Crippen LogP contribution in [0.1, 0.15) is 26.3 Å². The van der Waals surface area contributed by atoms with Gasteiger partial charge in [0, 0.05) is 13.6 Å². The van der Waals surface area contributed by atoms with E-state index >= 15 is 0 Å². The minimum absolute atomic E-state index is 0.162. The number of carbonyl (C=O) groups is 1. The molecule has 0 amide bonds. The SMILES string of the molecule is CN(Cc1cccc(OCC(=O)OC(C)(C)C)c1)S(=O)(=O)c1c(F)c(F)c(F)c(F)c1F. The zero-order valence-electron chi connectivity index (χ0n) is 17.5. The highest BCUT2D eigenvalue weighted by molar-refractivity contribution is 7.89. The molecule has 0 aliphatic rings. The molecule has 0 aliphatic heterocycles. The van der Waals surface area contributed by atoms with Crippen LogP contribution in [0.3, 0.4) is 0 Å². The Morgan fingerprint density at radius 3 is 2.03 bits per heavy atom. The molecule has 0 saturated carbocycles. The molecule has 0 aromatic heterocycles. The van der Waals surface area contributed by atoms with Crippen molar-refractivity contribution in [2.45, 2.75) is 37.8 Å². The maximum atomic E-state index is 14.0. The Balaban J connectivity index is 2.22. The van der Waals surface area contributed by atoms with Crippen molar-refractivity contribution in [1.29, 1.82) is 0 Å². The van der Waals surface area contributed by atoms with Gasteiger partial charge in [0.2, 0.25) is 15.8 Å². The third-order valence-corrected chi connectivity index (χ3v) is 5.74. The molecule has 6 nitrogen and oxygen atoms in total. The Labute approximate surface area is 181 Å². The molecule has 2 rings (SSSR count). The quantitative estimate of drug-likeness (QED) is 0.259. The van der Waals surface area contributed by atoms with Crippen molar-refractivity contribution in [3.8, 4) is 5.75 Å². The first-order valence-electron chi connectivity index (χ1n) is 9.06. The van der Waals surface area contributed by atoms with E-state index in [2.05, 4.69) is 0 Å². The monoisotopic (exact) mass is 481 g/mol. The lowest BCUT2D eigenvalue weighted by Gasteiger charge is -2.20. The molecule has 0 saturated heterocycles. The second-order valence-electron chi connectivity index (χ2n) is 7.68. The predicted octanol–water partition coefficient (Wildman–Crippen LogP) is 3.92. The van der Waals surface area contributed by atoms with E-state index < -0.39 is 68.7 Å². The maximum Gasteiger partial charge on any atom is 0.344 e. The molecule has 2 aromatic carbocycles. The van der Waals surface area contributed by atoms with Crippen molar-refractivity contribution in [2.75, 3.05) is 13.7 Å². The Morgan fingerprint density at radius 2 is 1.50 bits per heavy atom. The van der Waals surface area contributed by atoms with Crippen molar-refractivity contribution in [3.05, 3.63) is 58.9 Å². The van der Waals surface area contributed by atoms with Crippen LogP contribution in [0.15, 0.2) is 29.2 Å². The van der Waals surface area contributed by atoms with Gasteiger partial charge in [-0.3, -0.25) is 0 Å². The van der Waals surface area contributed by atoms with Gasteiger partial charge in [0.05, 0.1) is 0 Å². The number of rotatable bonds is 7. The molecule has 0 aliphatic carbocycles. The lowest BCUT2D eigenvalue weighted by atomic mass is 10.2. The highest BCUT2D eigenvalue weighted by atomic mass is 32.2. The van der Waals surface area contributed by atoms with Crippen LogP contribution in [0, 0.1) is 29.1 Å². The molecule has 0 bridgehead atoms. The van der Waals surface area contributed by atoms with Crippen molar-refractivity contribution in [1.82, 2.24) is 4.31 Å². The second-order valence-corrected chi connectivity index (χ2v) is 9.66. The van der Waals surface area contributed by atoms with Crippen LogP contribution in [0.5, 0.6) is 5.75 Å². The number of ether oxygens (including phenoxy) is 2. The largest absolute Gasteiger partial charge is 0.482 e. The summed E-state index contributed by atoms with van der Waals surface area (Å²) < 4.78 is 104. The minimum atomic E-state index is -5.10. The fraction of sp³-hybridized carbons (Fsp3) is 0.350. The summed E-state index contributed by atoms with van der Waals surface area (Å²) in [4.78, 5) is 9.78. The lowest BCUT2D eigenvalue weighted by Crippen LogP contribution is -2.29. The normalized spacial score (nSPS) is 12.2. The molecule has 0 fully saturated rings. The molecular formula is C20H20F5NO5S. The smallest absolute Gasteiger partial charge is 0.344 e. The van der Waals surface area contributed by atoms with Gasteiger partial charge in [-0.2, -0.15) is 4.31 Å². The van der Waals surface area contributed by atoms with Crippen LogP contribution in [-0.2, 0) is 26.1 Å². The fourth-order valence-electron chi connectivity index (χ4n) is 2.56. The van der Waals surface area contributed by atoms with E-state index in [9.17, 15) is 35.2 Å². The van der Waals surface area contributed by atoms with E-state index in [1.54, 1.807) is 20.8 Å². The van der Waals surface area contributed by atoms with Crippen LogP contribution in [0.25, 0.3) is 0 Å². The van der Waals surface area contributed by atoms with Crippen LogP contribution in [0.2, 0.25) is 0 Å². The van der Waals surface area contributed by atoms with Gasteiger partial charge >= 0.3 is 5.97 Å². The van der Waals surface area contributed by atoms with Crippen LogP contribution in [-0.4, -0.2) is 37.9 Å². The van der Waals surface area contributed by atoms with Crippen molar-refractivity contribution < 1.29 is 44.6 Å². The maximum absolute atomic E-state index is 14.0. The predicted molar refractivity (Wildman–Crippen MR) is 103 cm³/mol. The Hall–Kier alpha value is -2.73. The highest BCUT2D eigenvalue weighted by Gasteiger charge is 2.35. The molecular weight excluding hydrogens is 461 g/mol. The summed E-state index contributed by atoms with van der Waals surface area (Å²) in [6.45, 7) is 4.09. The summed E-state index contributed by atoms with van der Waals surface area (Å²) >= 11 is 0. The van der Waals surface area contributed by atoms with Gasteiger partial charge in [0.15, 0.2) is 34.8 Å². The average Bonchev–Trinajstić information content (AvgIpc) is 2.68. The molecule has 0 unspecified atom stereocenters. The molecule has 0 atom stereocenters. The lowest BCUT2D eigenvalue weighted by molar-refractivity contribution is -0.157. The van der Waals surface area contributed by atoms with E-state index in [4.69, 9.17) is 9.47 Å². The van der Waals surface area contributed by atoms with Gasteiger partial charge in [0.1, 0.15) is 11.4 Å². The fourth-order valence-corrected chi connectivity index (χ4v) is 3.82. The Bertz CT molecular complexity index is 1100. The molecule has 176 valence electrons. The first-order valence-corrected chi connectivity index (χ1v) is 10.5. The standard InChI is InChI=1S/C20H20F5NO5S/c1-20(2,3)31-13(27)10-30-12-7-5-6-11(8-12)9-26(4)32(28,29)19-17(24)15(22)14(21)16(23)18(19)25/h5-8H,9-10H2,1-4H3. The number of esters is 1. The number of hydrogen-bond acceptors (Lipinski definition) is 5. The van der Waals surface area contributed by atoms with Crippen LogP contribution >= 0.6 is 0 Å². The third kappa shape index (κ3) is 5.74. The van der Waals surface area contributed by atoms with Gasteiger partial charge in [0.25, 0.3) is 0 Å².